The van der Waals surface area contributed by atoms with Crippen molar-refractivity contribution in [1.82, 2.24) is 9.47 Å². The minimum atomic E-state index is 0.239. The average molecular weight is 345 g/mol. The third-order valence-corrected chi connectivity index (χ3v) is 5.38. The van der Waals surface area contributed by atoms with E-state index in [0.29, 0.717) is 6.54 Å². The molecule has 1 aliphatic rings. The van der Waals surface area contributed by atoms with Crippen molar-refractivity contribution >= 4 is 17.4 Å². The van der Waals surface area contributed by atoms with Crippen molar-refractivity contribution < 1.29 is 4.79 Å². The SMILES string of the molecule is Cc1c(C(=O)CN2CCCCC2)c(C)n(-c2ccc(Cl)cc2)c1C. The Bertz CT molecular complexity index is 740. The lowest BCUT2D eigenvalue weighted by Gasteiger charge is -2.25. The van der Waals surface area contributed by atoms with Gasteiger partial charge in [-0.05, 0) is 76.5 Å². The fourth-order valence-corrected chi connectivity index (χ4v) is 3.90. The van der Waals surface area contributed by atoms with Crippen molar-refractivity contribution in [3.05, 3.63) is 51.8 Å². The number of carbonyl (C=O) groups is 1. The van der Waals surface area contributed by atoms with Crippen LogP contribution >= 0.6 is 11.6 Å². The third kappa shape index (κ3) is 3.28. The molecule has 1 aliphatic heterocycles. The normalized spacial score (nSPS) is 15.7. The van der Waals surface area contributed by atoms with Gasteiger partial charge < -0.3 is 4.57 Å². The maximum Gasteiger partial charge on any atom is 0.178 e. The number of carbonyl (C=O) groups excluding carboxylic acids is 1. The summed E-state index contributed by atoms with van der Waals surface area (Å²) in [4.78, 5) is 15.2. The van der Waals surface area contributed by atoms with Crippen molar-refractivity contribution in [1.29, 1.82) is 0 Å². The lowest BCUT2D eigenvalue weighted by atomic mass is 10.0. The highest BCUT2D eigenvalue weighted by atomic mass is 35.5. The van der Waals surface area contributed by atoms with Crippen LogP contribution in [0.4, 0.5) is 0 Å². The summed E-state index contributed by atoms with van der Waals surface area (Å²) in [5.41, 5.74) is 5.16. The molecule has 128 valence electrons. The van der Waals surface area contributed by atoms with Gasteiger partial charge in [0.15, 0.2) is 5.78 Å². The molecule has 0 saturated carbocycles. The number of aromatic nitrogens is 1. The van der Waals surface area contributed by atoms with E-state index in [1.807, 2.05) is 31.2 Å². The minimum absolute atomic E-state index is 0.239. The fraction of sp³-hybridized carbons (Fsp3) is 0.450. The van der Waals surface area contributed by atoms with E-state index < -0.39 is 0 Å². The number of Topliss-reactive ketones (excluding diaryl/α,β-unsaturated/α-hetero) is 1. The highest BCUT2D eigenvalue weighted by Crippen LogP contribution is 2.27. The number of hydrogen-bond donors (Lipinski definition) is 0. The summed E-state index contributed by atoms with van der Waals surface area (Å²) in [5.74, 6) is 0.239. The Labute approximate surface area is 149 Å². The second-order valence-corrected chi connectivity index (χ2v) is 7.18. The highest BCUT2D eigenvalue weighted by molar-refractivity contribution is 6.30. The molecule has 2 aromatic rings. The van der Waals surface area contributed by atoms with Crippen LogP contribution in [0.3, 0.4) is 0 Å². The first kappa shape index (κ1) is 17.2. The van der Waals surface area contributed by atoms with Gasteiger partial charge in [-0.15, -0.1) is 0 Å². The van der Waals surface area contributed by atoms with Crippen LogP contribution < -0.4 is 0 Å². The number of hydrogen-bond acceptors (Lipinski definition) is 2. The van der Waals surface area contributed by atoms with Crippen LogP contribution in [0.5, 0.6) is 0 Å². The molecule has 0 aliphatic carbocycles. The second-order valence-electron chi connectivity index (χ2n) is 6.74. The van der Waals surface area contributed by atoms with E-state index in [4.69, 9.17) is 11.6 Å². The van der Waals surface area contributed by atoms with Gasteiger partial charge in [-0.3, -0.25) is 9.69 Å². The molecule has 0 amide bonds. The van der Waals surface area contributed by atoms with Crippen LogP contribution in [-0.4, -0.2) is 34.9 Å². The van der Waals surface area contributed by atoms with E-state index in [0.717, 1.165) is 46.3 Å². The standard InChI is InChI=1S/C20H25ClN2O/c1-14-15(2)23(18-9-7-17(21)8-10-18)16(3)20(14)19(24)13-22-11-5-4-6-12-22/h7-10H,4-6,11-13H2,1-3H3. The summed E-state index contributed by atoms with van der Waals surface area (Å²) < 4.78 is 2.16. The summed E-state index contributed by atoms with van der Waals surface area (Å²) in [5, 5.41) is 0.722. The molecule has 0 bridgehead atoms. The number of halogens is 1. The van der Waals surface area contributed by atoms with E-state index in [1.54, 1.807) is 0 Å². The molecule has 1 saturated heterocycles. The van der Waals surface area contributed by atoms with Crippen molar-refractivity contribution in [2.45, 2.75) is 40.0 Å². The van der Waals surface area contributed by atoms with Gasteiger partial charge in [0.1, 0.15) is 0 Å². The van der Waals surface area contributed by atoms with Gasteiger partial charge >= 0.3 is 0 Å². The zero-order chi connectivity index (χ0) is 17.3. The first-order valence-corrected chi connectivity index (χ1v) is 9.07. The summed E-state index contributed by atoms with van der Waals surface area (Å²) in [7, 11) is 0. The molecule has 0 atom stereocenters. The van der Waals surface area contributed by atoms with Crippen LogP contribution in [0.15, 0.2) is 24.3 Å². The summed E-state index contributed by atoms with van der Waals surface area (Å²) in [6, 6.07) is 7.78. The summed E-state index contributed by atoms with van der Waals surface area (Å²) >= 11 is 6.01. The van der Waals surface area contributed by atoms with Crippen LogP contribution in [-0.2, 0) is 0 Å². The van der Waals surface area contributed by atoms with Crippen LogP contribution in [0.2, 0.25) is 5.02 Å². The average Bonchev–Trinajstić information content (AvgIpc) is 2.79. The monoisotopic (exact) mass is 344 g/mol. The number of ketones is 1. The molecule has 0 radical (unpaired) electrons. The molecule has 3 nitrogen and oxygen atoms in total. The maximum atomic E-state index is 12.9. The Kier molecular flexibility index (Phi) is 5.12. The Balaban J connectivity index is 1.92. The van der Waals surface area contributed by atoms with Gasteiger partial charge in [-0.25, -0.2) is 0 Å². The van der Waals surface area contributed by atoms with E-state index in [1.165, 1.54) is 19.3 Å². The predicted molar refractivity (Wildman–Crippen MR) is 99.6 cm³/mol. The highest BCUT2D eigenvalue weighted by Gasteiger charge is 2.23. The molecule has 4 heteroatoms. The molecule has 0 spiro atoms. The molecule has 3 rings (SSSR count). The Hall–Kier alpha value is -1.58. The van der Waals surface area contributed by atoms with Gasteiger partial charge in [-0.2, -0.15) is 0 Å². The van der Waals surface area contributed by atoms with Crippen molar-refractivity contribution in [3.63, 3.8) is 0 Å². The number of rotatable bonds is 4. The predicted octanol–water partition coefficient (Wildman–Crippen LogP) is 4.72. The first-order valence-electron chi connectivity index (χ1n) is 8.69. The van der Waals surface area contributed by atoms with Crippen molar-refractivity contribution in [2.75, 3.05) is 19.6 Å². The molecule has 1 aromatic heterocycles. The van der Waals surface area contributed by atoms with E-state index >= 15 is 0 Å². The Morgan fingerprint density at radius 3 is 2.25 bits per heavy atom. The maximum absolute atomic E-state index is 12.9. The molecule has 0 N–H and O–H groups in total. The summed E-state index contributed by atoms with van der Waals surface area (Å²) in [6.07, 6.45) is 3.70. The molecule has 1 aromatic carbocycles. The molecule has 24 heavy (non-hydrogen) atoms. The van der Waals surface area contributed by atoms with Crippen LogP contribution in [0.25, 0.3) is 5.69 Å². The number of nitrogens with zero attached hydrogens (tertiary/aromatic N) is 2. The smallest absolute Gasteiger partial charge is 0.178 e. The lowest BCUT2D eigenvalue weighted by molar-refractivity contribution is 0.0914. The van der Waals surface area contributed by atoms with Crippen LogP contribution in [0, 0.1) is 20.8 Å². The summed E-state index contributed by atoms with van der Waals surface area (Å²) in [6.45, 7) is 8.79. The number of piperidine rings is 1. The largest absolute Gasteiger partial charge is 0.317 e. The Morgan fingerprint density at radius 2 is 1.62 bits per heavy atom. The molecule has 1 fully saturated rings. The molecule has 2 heterocycles. The molecule has 0 unspecified atom stereocenters. The number of benzene rings is 1. The quantitative estimate of drug-likeness (QED) is 0.749. The minimum Gasteiger partial charge on any atom is -0.317 e. The second kappa shape index (κ2) is 7.12. The molecular weight excluding hydrogens is 320 g/mol. The fourth-order valence-electron chi connectivity index (χ4n) is 3.77. The lowest BCUT2D eigenvalue weighted by Crippen LogP contribution is -2.34. The number of likely N-dealkylation sites (tertiary alicyclic amines) is 1. The van der Waals surface area contributed by atoms with Gasteiger partial charge in [0.25, 0.3) is 0 Å². The molecular formula is C20H25ClN2O. The van der Waals surface area contributed by atoms with Gasteiger partial charge in [0.05, 0.1) is 6.54 Å². The zero-order valence-electron chi connectivity index (χ0n) is 14.7. The van der Waals surface area contributed by atoms with Gasteiger partial charge in [0.2, 0.25) is 0 Å². The van der Waals surface area contributed by atoms with Gasteiger partial charge in [-0.1, -0.05) is 18.0 Å². The van der Waals surface area contributed by atoms with E-state index in [-0.39, 0.29) is 5.78 Å². The zero-order valence-corrected chi connectivity index (χ0v) is 15.5. The van der Waals surface area contributed by atoms with Gasteiger partial charge in [0, 0.05) is 27.7 Å². The Morgan fingerprint density at radius 1 is 1.00 bits per heavy atom. The van der Waals surface area contributed by atoms with E-state index in [2.05, 4.69) is 23.3 Å². The third-order valence-electron chi connectivity index (χ3n) is 5.13. The van der Waals surface area contributed by atoms with E-state index in [9.17, 15) is 4.79 Å². The topological polar surface area (TPSA) is 25.2 Å². The van der Waals surface area contributed by atoms with Crippen molar-refractivity contribution in [2.24, 2.45) is 0 Å². The van der Waals surface area contributed by atoms with Crippen LogP contribution in [0.1, 0.15) is 46.6 Å². The van der Waals surface area contributed by atoms with Crippen molar-refractivity contribution in [3.8, 4) is 5.69 Å². The first-order chi connectivity index (χ1) is 11.5.